The largest absolute Gasteiger partial charge is 0.339 e. The van der Waals surface area contributed by atoms with Gasteiger partial charge in [-0.1, -0.05) is 51.3 Å². The summed E-state index contributed by atoms with van der Waals surface area (Å²) in [7, 11) is 0. The number of piperazine rings is 1. The summed E-state index contributed by atoms with van der Waals surface area (Å²) in [6, 6.07) is 21.4. The minimum atomic E-state index is -0.128. The van der Waals surface area contributed by atoms with Crippen molar-refractivity contribution >= 4 is 62.0 Å². The fraction of sp³-hybridized carbons (Fsp3) is 0.323. The Kier molecular flexibility index (Phi) is 8.35. The number of rotatable bonds is 5. The van der Waals surface area contributed by atoms with Gasteiger partial charge < -0.3 is 9.80 Å². The number of aromatic nitrogens is 2. The Morgan fingerprint density at radius 3 is 2.39 bits per heavy atom. The van der Waals surface area contributed by atoms with E-state index < -0.39 is 0 Å². The number of hydrogen-bond acceptors (Lipinski definition) is 4. The Morgan fingerprint density at radius 1 is 0.902 bits per heavy atom. The summed E-state index contributed by atoms with van der Waals surface area (Å²) in [6.07, 6.45) is 1.83. The number of nitrogens with zero attached hydrogens (tertiary/aromatic N) is 5. The zero-order valence-corrected chi connectivity index (χ0v) is 25.6. The Bertz CT molecular complexity index is 1580. The molecule has 0 bridgehead atoms. The van der Waals surface area contributed by atoms with Crippen molar-refractivity contribution in [1.82, 2.24) is 24.3 Å². The second-order valence-corrected chi connectivity index (χ2v) is 12.4. The molecule has 41 heavy (non-hydrogen) atoms. The molecule has 3 aromatic carbocycles. The van der Waals surface area contributed by atoms with Crippen LogP contribution in [0, 0.1) is 5.92 Å². The molecule has 7 nitrogen and oxygen atoms in total. The maximum absolute atomic E-state index is 13.6. The molecule has 0 spiro atoms. The lowest BCUT2D eigenvalue weighted by Gasteiger charge is -2.39. The zero-order chi connectivity index (χ0) is 28.5. The second kappa shape index (κ2) is 12.1. The van der Waals surface area contributed by atoms with Crippen molar-refractivity contribution in [2.45, 2.75) is 19.4 Å². The molecular formula is C31H30BrCl2N5O2. The molecule has 10 heteroatoms. The van der Waals surface area contributed by atoms with E-state index in [1.54, 1.807) is 23.1 Å². The van der Waals surface area contributed by atoms with E-state index in [0.29, 0.717) is 54.9 Å². The van der Waals surface area contributed by atoms with Gasteiger partial charge in [-0.2, -0.15) is 0 Å². The van der Waals surface area contributed by atoms with Crippen LogP contribution < -0.4 is 0 Å². The van der Waals surface area contributed by atoms with Crippen LogP contribution in [0.5, 0.6) is 0 Å². The molecule has 0 saturated carbocycles. The van der Waals surface area contributed by atoms with Crippen molar-refractivity contribution in [3.8, 4) is 5.69 Å². The van der Waals surface area contributed by atoms with Gasteiger partial charge in [0.05, 0.1) is 34.1 Å². The van der Waals surface area contributed by atoms with Crippen molar-refractivity contribution in [3.63, 3.8) is 0 Å². The molecule has 212 valence electrons. The monoisotopic (exact) mass is 653 g/mol. The molecule has 0 N–H and O–H groups in total. The van der Waals surface area contributed by atoms with Gasteiger partial charge in [-0.05, 0) is 74.0 Å². The van der Waals surface area contributed by atoms with Crippen LogP contribution in [-0.2, 0) is 11.3 Å². The maximum atomic E-state index is 13.6. The molecule has 1 aromatic heterocycles. The molecule has 6 rings (SSSR count). The Balaban J connectivity index is 1.11. The van der Waals surface area contributed by atoms with Crippen molar-refractivity contribution in [2.24, 2.45) is 5.92 Å². The van der Waals surface area contributed by atoms with Crippen LogP contribution in [0.1, 0.15) is 29.0 Å². The minimum absolute atomic E-state index is 0.0674. The molecule has 2 aliphatic rings. The van der Waals surface area contributed by atoms with Crippen LogP contribution in [0.2, 0.25) is 10.0 Å². The molecule has 0 aliphatic carbocycles. The normalized spacial score (nSPS) is 18.2. The van der Waals surface area contributed by atoms with E-state index in [1.807, 2.05) is 35.2 Å². The highest BCUT2D eigenvalue weighted by Crippen LogP contribution is 2.27. The van der Waals surface area contributed by atoms with Crippen LogP contribution in [0.15, 0.2) is 71.2 Å². The first kappa shape index (κ1) is 28.2. The van der Waals surface area contributed by atoms with Gasteiger partial charge in [0.25, 0.3) is 5.91 Å². The molecule has 2 saturated heterocycles. The maximum Gasteiger partial charge on any atom is 0.255 e. The second-order valence-electron chi connectivity index (χ2n) is 10.6. The van der Waals surface area contributed by atoms with Crippen molar-refractivity contribution < 1.29 is 9.59 Å². The van der Waals surface area contributed by atoms with Crippen LogP contribution in [0.3, 0.4) is 0 Å². The number of para-hydroxylation sites is 2. The average Bonchev–Trinajstić information content (AvgIpc) is 3.35. The molecule has 0 radical (unpaired) electrons. The van der Waals surface area contributed by atoms with Gasteiger partial charge in [0, 0.05) is 47.9 Å². The summed E-state index contributed by atoms with van der Waals surface area (Å²) in [5.74, 6) is 0.945. The van der Waals surface area contributed by atoms with Crippen molar-refractivity contribution in [1.29, 1.82) is 0 Å². The van der Waals surface area contributed by atoms with E-state index in [-0.39, 0.29) is 17.7 Å². The summed E-state index contributed by atoms with van der Waals surface area (Å²) in [6.45, 7) is 4.30. The number of imidazole rings is 1. The molecule has 1 atom stereocenters. The van der Waals surface area contributed by atoms with Gasteiger partial charge in [-0.15, -0.1) is 0 Å². The van der Waals surface area contributed by atoms with Gasteiger partial charge in [0.1, 0.15) is 5.82 Å². The number of carbonyl (C=O) groups excluding carboxylic acids is 2. The highest BCUT2D eigenvalue weighted by Gasteiger charge is 2.33. The third-order valence-corrected chi connectivity index (χ3v) is 9.05. The molecule has 4 aromatic rings. The van der Waals surface area contributed by atoms with Crippen LogP contribution in [-0.4, -0.2) is 75.3 Å². The summed E-state index contributed by atoms with van der Waals surface area (Å²) in [5.41, 5.74) is 3.53. The standard InChI is InChI=1S/C31H30BrCl2N5O2/c32-22-7-10-24(11-8-22)39-28-6-2-1-5-27(28)35-29(39)20-36-13-3-4-21(19-36)30(40)37-14-16-38(17-15-37)31(41)25-12-9-23(33)18-26(25)34/h1-2,5-12,18,21H,3-4,13-17,19-20H2/t21-/m1/s1. The summed E-state index contributed by atoms with van der Waals surface area (Å²) >= 11 is 15.8. The van der Waals surface area contributed by atoms with Gasteiger partial charge in [0.15, 0.2) is 0 Å². The Labute approximate surface area is 257 Å². The van der Waals surface area contributed by atoms with Crippen LogP contribution >= 0.6 is 39.1 Å². The number of fused-ring (bicyclic) bond motifs is 1. The lowest BCUT2D eigenvalue weighted by atomic mass is 9.96. The minimum Gasteiger partial charge on any atom is -0.339 e. The zero-order valence-electron chi connectivity index (χ0n) is 22.5. The van der Waals surface area contributed by atoms with E-state index in [0.717, 1.165) is 46.4 Å². The fourth-order valence-corrected chi connectivity index (χ4v) is 6.64. The molecule has 2 aliphatic heterocycles. The quantitative estimate of drug-likeness (QED) is 0.254. The van der Waals surface area contributed by atoms with Crippen molar-refractivity contribution in [3.05, 3.63) is 92.6 Å². The van der Waals surface area contributed by atoms with Gasteiger partial charge in [-0.25, -0.2) is 4.98 Å². The van der Waals surface area contributed by atoms with E-state index >= 15 is 0 Å². The molecule has 0 unspecified atom stereocenters. The Morgan fingerprint density at radius 2 is 1.63 bits per heavy atom. The number of likely N-dealkylation sites (tertiary alicyclic amines) is 1. The lowest BCUT2D eigenvalue weighted by Crippen LogP contribution is -2.53. The fourth-order valence-electron chi connectivity index (χ4n) is 5.88. The average molecular weight is 655 g/mol. The topological polar surface area (TPSA) is 61.7 Å². The van der Waals surface area contributed by atoms with Crippen LogP contribution in [0.4, 0.5) is 0 Å². The van der Waals surface area contributed by atoms with Gasteiger partial charge in [-0.3, -0.25) is 19.1 Å². The molecular weight excluding hydrogens is 625 g/mol. The van der Waals surface area contributed by atoms with E-state index in [4.69, 9.17) is 28.2 Å². The first-order valence-corrected chi connectivity index (χ1v) is 15.4. The van der Waals surface area contributed by atoms with E-state index in [1.165, 1.54) is 0 Å². The number of hydrogen-bond donors (Lipinski definition) is 0. The smallest absolute Gasteiger partial charge is 0.255 e. The SMILES string of the molecule is O=C(c1ccc(Cl)cc1Cl)N1CCN(C(=O)[C@@H]2CCCN(Cc3nc4ccccc4n3-c3ccc(Br)cc3)C2)CC1. The third kappa shape index (κ3) is 6.02. The van der Waals surface area contributed by atoms with Crippen molar-refractivity contribution in [2.75, 3.05) is 39.3 Å². The summed E-state index contributed by atoms with van der Waals surface area (Å²) in [4.78, 5) is 37.6. The molecule has 2 amide bonds. The first-order chi connectivity index (χ1) is 19.9. The summed E-state index contributed by atoms with van der Waals surface area (Å²) in [5, 5.41) is 0.839. The predicted molar refractivity (Wildman–Crippen MR) is 166 cm³/mol. The highest BCUT2D eigenvalue weighted by molar-refractivity contribution is 9.10. The number of piperidine rings is 1. The first-order valence-electron chi connectivity index (χ1n) is 13.8. The van der Waals surface area contributed by atoms with E-state index in [9.17, 15) is 9.59 Å². The van der Waals surface area contributed by atoms with Gasteiger partial charge >= 0.3 is 0 Å². The van der Waals surface area contributed by atoms with E-state index in [2.05, 4.69) is 43.6 Å². The number of halogens is 3. The Hall–Kier alpha value is -2.91. The lowest BCUT2D eigenvalue weighted by molar-refractivity contribution is -0.139. The number of amides is 2. The molecule has 3 heterocycles. The molecule has 2 fully saturated rings. The summed E-state index contributed by atoms with van der Waals surface area (Å²) < 4.78 is 3.25. The third-order valence-electron chi connectivity index (χ3n) is 7.97. The van der Waals surface area contributed by atoms with Gasteiger partial charge in [0.2, 0.25) is 5.91 Å². The van der Waals surface area contributed by atoms with Crippen LogP contribution in [0.25, 0.3) is 16.7 Å². The highest BCUT2D eigenvalue weighted by atomic mass is 79.9. The number of benzene rings is 3. The predicted octanol–water partition coefficient (Wildman–Crippen LogP) is 6.29. The number of carbonyl (C=O) groups is 2.